The molecule has 0 aliphatic heterocycles. The van der Waals surface area contributed by atoms with Gasteiger partial charge in [-0.05, 0) is 36.6 Å². The first-order chi connectivity index (χ1) is 13.0. The third-order valence-electron chi connectivity index (χ3n) is 4.16. The van der Waals surface area contributed by atoms with Gasteiger partial charge in [0.15, 0.2) is 0 Å². The number of nitro groups is 1. The molecule has 0 aliphatic carbocycles. The van der Waals surface area contributed by atoms with Crippen LogP contribution in [-0.4, -0.2) is 15.8 Å². The zero-order chi connectivity index (χ0) is 19.0. The standard InChI is InChI=1S/C19H13N3O3S2/c1-11-12(5-4-7-15(11)22(24)25)17(23)21-18-13(9-10-26-18)19-20-14-6-2-3-8-16(14)27-19/h2-10H,1H3,(H,21,23). The van der Waals surface area contributed by atoms with Gasteiger partial charge in [0, 0.05) is 22.8 Å². The molecular formula is C19H13N3O3S2. The van der Waals surface area contributed by atoms with Crippen molar-refractivity contribution in [2.24, 2.45) is 0 Å². The predicted molar refractivity (Wildman–Crippen MR) is 109 cm³/mol. The Morgan fingerprint density at radius 1 is 1.15 bits per heavy atom. The van der Waals surface area contributed by atoms with Crippen molar-refractivity contribution >= 4 is 49.5 Å². The van der Waals surface area contributed by atoms with E-state index in [0.717, 1.165) is 20.8 Å². The highest BCUT2D eigenvalue weighted by Gasteiger charge is 2.20. The van der Waals surface area contributed by atoms with Crippen molar-refractivity contribution in [1.82, 2.24) is 4.98 Å². The van der Waals surface area contributed by atoms with E-state index < -0.39 is 4.92 Å². The second kappa shape index (κ2) is 6.90. The summed E-state index contributed by atoms with van der Waals surface area (Å²) in [5.74, 6) is -0.374. The number of amides is 1. The number of aromatic nitrogens is 1. The normalized spacial score (nSPS) is 10.9. The van der Waals surface area contributed by atoms with E-state index in [1.807, 2.05) is 35.7 Å². The van der Waals surface area contributed by atoms with Gasteiger partial charge in [-0.25, -0.2) is 4.98 Å². The summed E-state index contributed by atoms with van der Waals surface area (Å²) in [6.45, 7) is 1.58. The lowest BCUT2D eigenvalue weighted by Crippen LogP contribution is -2.13. The van der Waals surface area contributed by atoms with Crippen molar-refractivity contribution in [3.05, 3.63) is 75.2 Å². The summed E-state index contributed by atoms with van der Waals surface area (Å²) >= 11 is 2.95. The number of carbonyl (C=O) groups is 1. The molecule has 4 rings (SSSR count). The van der Waals surface area contributed by atoms with Gasteiger partial charge in [0.05, 0.1) is 15.1 Å². The maximum atomic E-state index is 12.7. The van der Waals surface area contributed by atoms with Crippen molar-refractivity contribution in [3.63, 3.8) is 0 Å². The summed E-state index contributed by atoms with van der Waals surface area (Å²) in [6.07, 6.45) is 0. The average molecular weight is 395 g/mol. The van der Waals surface area contributed by atoms with Crippen molar-refractivity contribution in [1.29, 1.82) is 0 Å². The molecule has 2 aromatic carbocycles. The summed E-state index contributed by atoms with van der Waals surface area (Å²) in [7, 11) is 0. The molecule has 0 aliphatic rings. The SMILES string of the molecule is Cc1c(C(=O)Nc2sccc2-c2nc3ccccc3s2)cccc1[N+](=O)[O-]. The van der Waals surface area contributed by atoms with Gasteiger partial charge in [-0.1, -0.05) is 18.2 Å². The van der Waals surface area contributed by atoms with Crippen LogP contribution in [0.2, 0.25) is 0 Å². The number of hydrogen-bond acceptors (Lipinski definition) is 6. The van der Waals surface area contributed by atoms with Gasteiger partial charge in [-0.2, -0.15) is 0 Å². The van der Waals surface area contributed by atoms with E-state index in [1.165, 1.54) is 23.5 Å². The van der Waals surface area contributed by atoms with Crippen molar-refractivity contribution < 1.29 is 9.72 Å². The van der Waals surface area contributed by atoms with Gasteiger partial charge < -0.3 is 5.32 Å². The van der Waals surface area contributed by atoms with Gasteiger partial charge >= 0.3 is 0 Å². The molecule has 4 aromatic rings. The molecule has 27 heavy (non-hydrogen) atoms. The minimum atomic E-state index is -0.482. The molecule has 6 nitrogen and oxygen atoms in total. The Hall–Kier alpha value is -3.10. The molecule has 0 fully saturated rings. The topological polar surface area (TPSA) is 85.1 Å². The van der Waals surface area contributed by atoms with Crippen LogP contribution in [0.25, 0.3) is 20.8 Å². The van der Waals surface area contributed by atoms with E-state index in [2.05, 4.69) is 10.3 Å². The molecule has 8 heteroatoms. The summed E-state index contributed by atoms with van der Waals surface area (Å²) < 4.78 is 1.07. The third kappa shape index (κ3) is 3.20. The van der Waals surface area contributed by atoms with Crippen LogP contribution in [0.15, 0.2) is 53.9 Å². The summed E-state index contributed by atoms with van der Waals surface area (Å²) in [5, 5.41) is 17.4. The largest absolute Gasteiger partial charge is 0.313 e. The lowest BCUT2D eigenvalue weighted by molar-refractivity contribution is -0.385. The fraction of sp³-hybridized carbons (Fsp3) is 0.0526. The molecule has 0 saturated carbocycles. The minimum absolute atomic E-state index is 0.0692. The van der Waals surface area contributed by atoms with E-state index in [-0.39, 0.29) is 17.2 Å². The van der Waals surface area contributed by atoms with Crippen LogP contribution in [0.3, 0.4) is 0 Å². The number of rotatable bonds is 4. The smallest absolute Gasteiger partial charge is 0.273 e. The lowest BCUT2D eigenvalue weighted by atomic mass is 10.1. The number of nitro benzene ring substituents is 1. The highest BCUT2D eigenvalue weighted by Crippen LogP contribution is 2.38. The van der Waals surface area contributed by atoms with Gasteiger partial charge in [0.1, 0.15) is 10.0 Å². The van der Waals surface area contributed by atoms with Gasteiger partial charge in [-0.3, -0.25) is 14.9 Å². The molecule has 134 valence electrons. The van der Waals surface area contributed by atoms with E-state index in [0.29, 0.717) is 10.6 Å². The van der Waals surface area contributed by atoms with Gasteiger partial charge in [0.25, 0.3) is 11.6 Å². The zero-order valence-corrected chi connectivity index (χ0v) is 15.8. The van der Waals surface area contributed by atoms with E-state index in [1.54, 1.807) is 24.3 Å². The zero-order valence-electron chi connectivity index (χ0n) is 14.1. The second-order valence-corrected chi connectivity index (χ2v) is 7.76. The van der Waals surface area contributed by atoms with E-state index in [4.69, 9.17) is 0 Å². The third-order valence-corrected chi connectivity index (χ3v) is 6.06. The monoisotopic (exact) mass is 395 g/mol. The van der Waals surface area contributed by atoms with Crippen LogP contribution in [0.4, 0.5) is 10.7 Å². The quantitative estimate of drug-likeness (QED) is 0.365. The number of hydrogen-bond donors (Lipinski definition) is 1. The Kier molecular flexibility index (Phi) is 4.43. The highest BCUT2D eigenvalue weighted by atomic mass is 32.1. The van der Waals surface area contributed by atoms with Crippen LogP contribution in [-0.2, 0) is 0 Å². The Labute approximate surface area is 162 Å². The number of nitrogens with zero attached hydrogens (tertiary/aromatic N) is 2. The molecule has 0 unspecified atom stereocenters. The summed E-state index contributed by atoms with van der Waals surface area (Å²) in [6, 6.07) is 14.3. The van der Waals surface area contributed by atoms with Crippen LogP contribution in [0.1, 0.15) is 15.9 Å². The molecule has 2 aromatic heterocycles. The Balaban J connectivity index is 1.67. The minimum Gasteiger partial charge on any atom is -0.313 e. The first-order valence-electron chi connectivity index (χ1n) is 8.03. The van der Waals surface area contributed by atoms with Crippen LogP contribution in [0, 0.1) is 17.0 Å². The number of nitrogens with one attached hydrogen (secondary N) is 1. The van der Waals surface area contributed by atoms with Crippen molar-refractivity contribution in [2.45, 2.75) is 6.92 Å². The highest BCUT2D eigenvalue weighted by molar-refractivity contribution is 7.22. The fourth-order valence-corrected chi connectivity index (χ4v) is 4.64. The number of para-hydroxylation sites is 1. The number of thiophene rings is 1. The molecule has 0 saturated heterocycles. The number of fused-ring (bicyclic) bond motifs is 1. The molecule has 2 heterocycles. The number of anilines is 1. The lowest BCUT2D eigenvalue weighted by Gasteiger charge is -2.08. The van der Waals surface area contributed by atoms with Gasteiger partial charge in [0.2, 0.25) is 0 Å². The van der Waals surface area contributed by atoms with Gasteiger partial charge in [-0.15, -0.1) is 22.7 Å². The molecule has 1 N–H and O–H groups in total. The molecule has 0 spiro atoms. The molecule has 0 atom stereocenters. The van der Waals surface area contributed by atoms with Crippen LogP contribution < -0.4 is 5.32 Å². The number of thiazole rings is 1. The predicted octanol–water partition coefficient (Wildman–Crippen LogP) is 5.49. The average Bonchev–Trinajstić information content (AvgIpc) is 3.27. The first-order valence-corrected chi connectivity index (χ1v) is 9.73. The summed E-state index contributed by atoms with van der Waals surface area (Å²) in [5.41, 5.74) is 2.32. The van der Waals surface area contributed by atoms with E-state index >= 15 is 0 Å². The molecule has 0 radical (unpaired) electrons. The molecule has 0 bridgehead atoms. The number of carbonyl (C=O) groups excluding carboxylic acids is 1. The maximum Gasteiger partial charge on any atom is 0.273 e. The maximum absolute atomic E-state index is 12.7. The van der Waals surface area contributed by atoms with Crippen molar-refractivity contribution in [2.75, 3.05) is 5.32 Å². The Morgan fingerprint density at radius 3 is 2.74 bits per heavy atom. The Morgan fingerprint density at radius 2 is 1.96 bits per heavy atom. The first kappa shape index (κ1) is 17.3. The van der Waals surface area contributed by atoms with E-state index in [9.17, 15) is 14.9 Å². The number of benzene rings is 2. The van der Waals surface area contributed by atoms with Crippen molar-refractivity contribution in [3.8, 4) is 10.6 Å². The molecule has 1 amide bonds. The van der Waals surface area contributed by atoms with Crippen LogP contribution >= 0.6 is 22.7 Å². The fourth-order valence-electron chi connectivity index (χ4n) is 2.80. The second-order valence-electron chi connectivity index (χ2n) is 5.81. The molecular weight excluding hydrogens is 382 g/mol. The summed E-state index contributed by atoms with van der Waals surface area (Å²) in [4.78, 5) is 28.0. The van der Waals surface area contributed by atoms with Crippen LogP contribution in [0.5, 0.6) is 0 Å². The Bertz CT molecular complexity index is 1150.